The molecule has 4 atom stereocenters. The highest BCUT2D eigenvalue weighted by Gasteiger charge is 2.52. The van der Waals surface area contributed by atoms with Crippen LogP contribution in [-0.2, 0) is 10.5 Å². The first-order valence-electron chi connectivity index (χ1n) is 6.08. The van der Waals surface area contributed by atoms with Crippen molar-refractivity contribution >= 4 is 17.0 Å². The fraction of sp³-hybridized carbons (Fsp3) is 0.545. The second kappa shape index (κ2) is 4.35. The van der Waals surface area contributed by atoms with Gasteiger partial charge in [-0.1, -0.05) is 0 Å². The molecule has 2 aromatic rings. The maximum atomic E-state index is 10.2. The zero-order chi connectivity index (χ0) is 14.5. The van der Waals surface area contributed by atoms with Crippen LogP contribution >= 0.6 is 0 Å². The van der Waals surface area contributed by atoms with Gasteiger partial charge in [-0.3, -0.25) is 4.57 Å². The second-order valence-electron chi connectivity index (χ2n) is 4.87. The number of ether oxygens (including phenoxy) is 1. The van der Waals surface area contributed by atoms with Gasteiger partial charge >= 0.3 is 0 Å². The Labute approximate surface area is 113 Å². The quantitative estimate of drug-likeness (QED) is 0.505. The maximum Gasteiger partial charge on any atom is 0.173 e. The highest BCUT2D eigenvalue weighted by molar-refractivity contribution is 5.81. The van der Waals surface area contributed by atoms with Crippen molar-refractivity contribution in [2.75, 3.05) is 12.3 Å². The molecule has 1 aliphatic rings. The molecule has 0 spiro atoms. The predicted octanol–water partition coefficient (Wildman–Crippen LogP) is -1.81. The third-order valence-electron chi connectivity index (χ3n) is 3.66. The molecule has 1 fully saturated rings. The SMILES string of the molecule is C[C@@]1(n2cnc3c(N)ncnc32)O[C@H](CO)[C@H](O)C1O. The molecule has 2 aromatic heterocycles. The Balaban J connectivity index is 2.13. The number of nitrogen functional groups attached to an aromatic ring is 1. The first-order valence-corrected chi connectivity index (χ1v) is 6.08. The molecule has 1 unspecified atom stereocenters. The van der Waals surface area contributed by atoms with Crippen LogP contribution in [0.4, 0.5) is 5.82 Å². The summed E-state index contributed by atoms with van der Waals surface area (Å²) in [7, 11) is 0. The van der Waals surface area contributed by atoms with E-state index in [1.807, 2.05) is 0 Å². The normalized spacial score (nSPS) is 33.9. The van der Waals surface area contributed by atoms with E-state index in [-0.39, 0.29) is 5.82 Å². The molecule has 9 nitrogen and oxygen atoms in total. The zero-order valence-corrected chi connectivity index (χ0v) is 10.7. The number of aliphatic hydroxyl groups excluding tert-OH is 3. The Hall–Kier alpha value is -1.81. The number of hydrogen-bond acceptors (Lipinski definition) is 8. The van der Waals surface area contributed by atoms with E-state index in [1.165, 1.54) is 17.2 Å². The monoisotopic (exact) mass is 281 g/mol. The van der Waals surface area contributed by atoms with Gasteiger partial charge in [0.25, 0.3) is 0 Å². The van der Waals surface area contributed by atoms with Crippen LogP contribution in [0.15, 0.2) is 12.7 Å². The summed E-state index contributed by atoms with van der Waals surface area (Å²) in [6, 6.07) is 0. The van der Waals surface area contributed by atoms with Gasteiger partial charge in [-0.15, -0.1) is 0 Å². The van der Waals surface area contributed by atoms with E-state index in [4.69, 9.17) is 10.5 Å². The highest BCUT2D eigenvalue weighted by Crippen LogP contribution is 2.37. The molecular formula is C11H15N5O4. The molecule has 0 bridgehead atoms. The van der Waals surface area contributed by atoms with Gasteiger partial charge in [0.1, 0.15) is 30.2 Å². The average molecular weight is 281 g/mol. The van der Waals surface area contributed by atoms with Gasteiger partial charge in [-0.2, -0.15) is 0 Å². The minimum atomic E-state index is -1.30. The number of imidazole rings is 1. The minimum absolute atomic E-state index is 0.212. The fourth-order valence-corrected chi connectivity index (χ4v) is 2.49. The molecule has 0 radical (unpaired) electrons. The summed E-state index contributed by atoms with van der Waals surface area (Å²) in [6.07, 6.45) is -0.646. The van der Waals surface area contributed by atoms with E-state index < -0.39 is 30.6 Å². The van der Waals surface area contributed by atoms with Gasteiger partial charge in [0.15, 0.2) is 17.2 Å². The summed E-state index contributed by atoms with van der Waals surface area (Å²) in [5, 5.41) is 29.3. The van der Waals surface area contributed by atoms with Crippen LogP contribution in [-0.4, -0.2) is 59.8 Å². The number of anilines is 1. The third kappa shape index (κ3) is 1.61. The van der Waals surface area contributed by atoms with Crippen LogP contribution in [0, 0.1) is 0 Å². The van der Waals surface area contributed by atoms with Gasteiger partial charge < -0.3 is 25.8 Å². The fourth-order valence-electron chi connectivity index (χ4n) is 2.49. The molecule has 1 saturated heterocycles. The van der Waals surface area contributed by atoms with Crippen LogP contribution in [0.1, 0.15) is 6.92 Å². The van der Waals surface area contributed by atoms with Crippen molar-refractivity contribution in [3.63, 3.8) is 0 Å². The Morgan fingerprint density at radius 3 is 2.80 bits per heavy atom. The maximum absolute atomic E-state index is 10.2. The van der Waals surface area contributed by atoms with Crippen molar-refractivity contribution < 1.29 is 20.1 Å². The van der Waals surface area contributed by atoms with Crippen molar-refractivity contribution in [2.24, 2.45) is 0 Å². The number of nitrogens with zero attached hydrogens (tertiary/aromatic N) is 4. The summed E-state index contributed by atoms with van der Waals surface area (Å²) < 4.78 is 7.06. The molecule has 3 heterocycles. The van der Waals surface area contributed by atoms with Crippen LogP contribution in [0.25, 0.3) is 11.2 Å². The number of aromatic nitrogens is 4. The Kier molecular flexibility index (Phi) is 2.87. The van der Waals surface area contributed by atoms with E-state index >= 15 is 0 Å². The van der Waals surface area contributed by atoms with E-state index in [9.17, 15) is 15.3 Å². The van der Waals surface area contributed by atoms with Crippen LogP contribution in [0.5, 0.6) is 0 Å². The van der Waals surface area contributed by atoms with E-state index in [0.717, 1.165) is 0 Å². The molecule has 1 aliphatic heterocycles. The number of aliphatic hydroxyl groups is 3. The largest absolute Gasteiger partial charge is 0.394 e. The van der Waals surface area contributed by atoms with Gasteiger partial charge in [-0.05, 0) is 6.92 Å². The number of rotatable bonds is 2. The molecule has 3 rings (SSSR count). The van der Waals surface area contributed by atoms with Crippen molar-refractivity contribution in [3.8, 4) is 0 Å². The van der Waals surface area contributed by atoms with Gasteiger partial charge in [0, 0.05) is 0 Å². The lowest BCUT2D eigenvalue weighted by molar-refractivity contribution is -0.132. The number of hydrogen-bond donors (Lipinski definition) is 4. The Morgan fingerprint density at radius 2 is 2.15 bits per heavy atom. The van der Waals surface area contributed by atoms with Gasteiger partial charge in [-0.25, -0.2) is 15.0 Å². The predicted molar refractivity (Wildman–Crippen MR) is 67.4 cm³/mol. The molecule has 0 aliphatic carbocycles. The van der Waals surface area contributed by atoms with Crippen molar-refractivity contribution in [2.45, 2.75) is 31.0 Å². The number of nitrogens with two attached hydrogens (primary N) is 1. The van der Waals surface area contributed by atoms with Crippen LogP contribution in [0.3, 0.4) is 0 Å². The smallest absolute Gasteiger partial charge is 0.173 e. The average Bonchev–Trinajstić information content (AvgIpc) is 2.96. The molecular weight excluding hydrogens is 266 g/mol. The molecule has 5 N–H and O–H groups in total. The minimum Gasteiger partial charge on any atom is -0.394 e. The lowest BCUT2D eigenvalue weighted by atomic mass is 10.0. The molecule has 20 heavy (non-hydrogen) atoms. The van der Waals surface area contributed by atoms with Crippen molar-refractivity contribution in [3.05, 3.63) is 12.7 Å². The Morgan fingerprint density at radius 1 is 1.40 bits per heavy atom. The Bertz CT molecular complexity index is 647. The third-order valence-corrected chi connectivity index (χ3v) is 3.66. The summed E-state index contributed by atoms with van der Waals surface area (Å²) >= 11 is 0. The summed E-state index contributed by atoms with van der Waals surface area (Å²) in [6.45, 7) is 1.17. The second-order valence-corrected chi connectivity index (χ2v) is 4.87. The van der Waals surface area contributed by atoms with Crippen molar-refractivity contribution in [1.29, 1.82) is 0 Å². The topological polar surface area (TPSA) is 140 Å². The highest BCUT2D eigenvalue weighted by atomic mass is 16.6. The zero-order valence-electron chi connectivity index (χ0n) is 10.7. The molecule has 108 valence electrons. The summed E-state index contributed by atoms with van der Waals surface area (Å²) in [5.74, 6) is 0.212. The molecule has 0 amide bonds. The first kappa shape index (κ1) is 13.2. The van der Waals surface area contributed by atoms with Crippen LogP contribution < -0.4 is 5.73 Å². The number of fused-ring (bicyclic) bond motifs is 1. The lowest BCUT2D eigenvalue weighted by Crippen LogP contribution is -2.43. The molecule has 9 heteroatoms. The van der Waals surface area contributed by atoms with Gasteiger partial charge in [0.05, 0.1) is 12.9 Å². The summed E-state index contributed by atoms with van der Waals surface area (Å²) in [5.41, 5.74) is 5.16. The van der Waals surface area contributed by atoms with E-state index in [2.05, 4.69) is 15.0 Å². The summed E-state index contributed by atoms with van der Waals surface area (Å²) in [4.78, 5) is 12.0. The first-order chi connectivity index (χ1) is 9.49. The van der Waals surface area contributed by atoms with E-state index in [0.29, 0.717) is 11.2 Å². The van der Waals surface area contributed by atoms with Crippen LogP contribution in [0.2, 0.25) is 0 Å². The van der Waals surface area contributed by atoms with Gasteiger partial charge in [0.2, 0.25) is 0 Å². The van der Waals surface area contributed by atoms with Crippen molar-refractivity contribution in [1.82, 2.24) is 19.5 Å². The molecule has 0 aromatic carbocycles. The standard InChI is InChI=1S/C11H15N5O4/c1-11(8(19)7(18)5(2-17)20-11)16-4-15-6-9(12)13-3-14-10(6)16/h3-5,7-8,17-19H,2H2,1H3,(H2,12,13,14)/t5-,7+,8?,11-/m1/s1. The molecule has 0 saturated carbocycles. The lowest BCUT2D eigenvalue weighted by Gasteiger charge is -2.29. The van der Waals surface area contributed by atoms with E-state index in [1.54, 1.807) is 6.92 Å².